The van der Waals surface area contributed by atoms with Gasteiger partial charge >= 0.3 is 5.97 Å². The molecule has 0 radical (unpaired) electrons. The Hall–Kier alpha value is -0.910. The molecule has 1 N–H and O–H groups in total. The Morgan fingerprint density at radius 3 is 3.05 bits per heavy atom. The van der Waals surface area contributed by atoms with E-state index < -0.39 is 5.97 Å². The van der Waals surface area contributed by atoms with Crippen molar-refractivity contribution >= 4 is 21.9 Å². The van der Waals surface area contributed by atoms with Crippen LogP contribution in [-0.4, -0.2) is 41.8 Å². The van der Waals surface area contributed by atoms with Gasteiger partial charge in [0.1, 0.15) is 0 Å². The summed E-state index contributed by atoms with van der Waals surface area (Å²) in [5.41, 5.74) is 2.39. The van der Waals surface area contributed by atoms with Gasteiger partial charge in [0.2, 0.25) is 0 Å². The smallest absolute Gasteiger partial charge is 0.305 e. The Balaban J connectivity index is 2.06. The van der Waals surface area contributed by atoms with Crippen LogP contribution in [-0.2, 0) is 16.1 Å². The molecule has 0 spiro atoms. The molecule has 1 heterocycles. The van der Waals surface area contributed by atoms with Crippen LogP contribution in [0, 0.1) is 6.92 Å². The molecule has 1 unspecified atom stereocenters. The third-order valence-corrected chi connectivity index (χ3v) is 4.24. The van der Waals surface area contributed by atoms with Crippen molar-refractivity contribution in [1.29, 1.82) is 0 Å². The fraction of sp³-hybridized carbons (Fsp3) is 0.500. The normalized spacial score (nSPS) is 20.4. The van der Waals surface area contributed by atoms with E-state index in [1.54, 1.807) is 0 Å². The number of benzene rings is 1. The van der Waals surface area contributed by atoms with Gasteiger partial charge in [-0.05, 0) is 24.1 Å². The molecule has 0 saturated carbocycles. The maximum atomic E-state index is 10.9. The number of rotatable bonds is 4. The van der Waals surface area contributed by atoms with E-state index in [-0.39, 0.29) is 12.5 Å². The van der Waals surface area contributed by atoms with Crippen molar-refractivity contribution in [2.45, 2.75) is 25.9 Å². The first kappa shape index (κ1) is 14.5. The lowest BCUT2D eigenvalue weighted by atomic mass is 10.1. The van der Waals surface area contributed by atoms with Gasteiger partial charge in [0.25, 0.3) is 0 Å². The number of halogens is 1. The number of morpholine rings is 1. The molecule has 1 aliphatic heterocycles. The van der Waals surface area contributed by atoms with Crippen LogP contribution in [0.4, 0.5) is 0 Å². The summed E-state index contributed by atoms with van der Waals surface area (Å²) in [5.74, 6) is -0.773. The predicted octanol–water partition coefficient (Wildman–Crippen LogP) is 2.43. The molecule has 1 aliphatic rings. The van der Waals surface area contributed by atoms with Gasteiger partial charge in [-0.2, -0.15) is 0 Å². The minimum Gasteiger partial charge on any atom is -0.481 e. The van der Waals surface area contributed by atoms with Crippen LogP contribution in [0.1, 0.15) is 17.5 Å². The van der Waals surface area contributed by atoms with Crippen molar-refractivity contribution in [2.75, 3.05) is 19.8 Å². The number of aliphatic carboxylic acids is 1. The van der Waals surface area contributed by atoms with E-state index in [1.807, 2.05) is 0 Å². The zero-order valence-corrected chi connectivity index (χ0v) is 12.5. The third-order valence-electron chi connectivity index (χ3n) is 3.38. The van der Waals surface area contributed by atoms with Gasteiger partial charge < -0.3 is 9.84 Å². The van der Waals surface area contributed by atoms with E-state index in [0.29, 0.717) is 13.2 Å². The molecule has 1 atom stereocenters. The maximum absolute atomic E-state index is 10.9. The minimum atomic E-state index is -0.773. The second-order valence-corrected chi connectivity index (χ2v) is 5.73. The first-order valence-corrected chi connectivity index (χ1v) is 7.14. The molecule has 0 bridgehead atoms. The highest BCUT2D eigenvalue weighted by Crippen LogP contribution is 2.20. The van der Waals surface area contributed by atoms with Crippen LogP contribution >= 0.6 is 15.9 Å². The van der Waals surface area contributed by atoms with Crippen molar-refractivity contribution in [1.82, 2.24) is 4.90 Å². The topological polar surface area (TPSA) is 49.8 Å². The Bertz CT molecular complexity index is 464. The second kappa shape index (κ2) is 6.50. The van der Waals surface area contributed by atoms with Gasteiger partial charge in [-0.15, -0.1) is 0 Å². The molecule has 104 valence electrons. The quantitative estimate of drug-likeness (QED) is 0.922. The monoisotopic (exact) mass is 327 g/mol. The predicted molar refractivity (Wildman–Crippen MR) is 76.1 cm³/mol. The van der Waals surface area contributed by atoms with E-state index in [9.17, 15) is 4.79 Å². The summed E-state index contributed by atoms with van der Waals surface area (Å²) in [6.07, 6.45) is 0.132. The molecule has 19 heavy (non-hydrogen) atoms. The Morgan fingerprint density at radius 1 is 1.58 bits per heavy atom. The molecule has 4 nitrogen and oxygen atoms in total. The summed E-state index contributed by atoms with van der Waals surface area (Å²) >= 11 is 3.53. The highest BCUT2D eigenvalue weighted by atomic mass is 79.9. The van der Waals surface area contributed by atoms with Crippen LogP contribution in [0.2, 0.25) is 0 Å². The van der Waals surface area contributed by atoms with E-state index in [4.69, 9.17) is 9.84 Å². The van der Waals surface area contributed by atoms with Crippen molar-refractivity contribution in [3.05, 3.63) is 33.8 Å². The van der Waals surface area contributed by atoms with Gasteiger partial charge in [-0.3, -0.25) is 9.69 Å². The van der Waals surface area contributed by atoms with Crippen molar-refractivity contribution < 1.29 is 14.6 Å². The molecule has 1 saturated heterocycles. The Labute approximate surface area is 121 Å². The fourth-order valence-electron chi connectivity index (χ4n) is 2.26. The number of hydrogen-bond donors (Lipinski definition) is 1. The first-order chi connectivity index (χ1) is 9.06. The van der Waals surface area contributed by atoms with Gasteiger partial charge in [0, 0.05) is 23.6 Å². The highest BCUT2D eigenvalue weighted by molar-refractivity contribution is 9.10. The number of carboxylic acids is 1. The average Bonchev–Trinajstić information content (AvgIpc) is 2.36. The summed E-state index contributed by atoms with van der Waals surface area (Å²) in [6.45, 7) is 4.77. The molecule has 1 aromatic rings. The molecule has 1 fully saturated rings. The summed E-state index contributed by atoms with van der Waals surface area (Å²) in [4.78, 5) is 13.1. The summed E-state index contributed by atoms with van der Waals surface area (Å²) in [7, 11) is 0. The standard InChI is InChI=1S/C14H18BrNO3/c1-10-2-3-11(6-13(10)15)8-16-4-5-19-9-12(16)7-14(17)18/h2-3,6,12H,4-5,7-9H2,1H3,(H,17,18). The minimum absolute atomic E-state index is 0.0358. The fourth-order valence-corrected chi connectivity index (χ4v) is 2.68. The van der Waals surface area contributed by atoms with Gasteiger partial charge in [-0.25, -0.2) is 0 Å². The van der Waals surface area contributed by atoms with Gasteiger partial charge in [0.05, 0.1) is 19.6 Å². The number of carboxylic acid groups (broad SMARTS) is 1. The molecular weight excluding hydrogens is 310 g/mol. The number of ether oxygens (including phenoxy) is 1. The van der Waals surface area contributed by atoms with E-state index in [0.717, 1.165) is 17.6 Å². The lowest BCUT2D eigenvalue weighted by molar-refractivity contribution is -0.140. The zero-order valence-electron chi connectivity index (χ0n) is 10.9. The number of nitrogens with zero attached hydrogens (tertiary/aromatic N) is 1. The molecule has 5 heteroatoms. The van der Waals surface area contributed by atoms with Gasteiger partial charge in [-0.1, -0.05) is 28.1 Å². The van der Waals surface area contributed by atoms with Crippen LogP contribution in [0.25, 0.3) is 0 Å². The van der Waals surface area contributed by atoms with Crippen molar-refractivity contribution in [3.8, 4) is 0 Å². The first-order valence-electron chi connectivity index (χ1n) is 6.35. The molecule has 0 aromatic heterocycles. The summed E-state index contributed by atoms with van der Waals surface area (Å²) in [5, 5.41) is 8.94. The van der Waals surface area contributed by atoms with Gasteiger partial charge in [0.15, 0.2) is 0 Å². The summed E-state index contributed by atoms with van der Waals surface area (Å²) < 4.78 is 6.47. The third kappa shape index (κ3) is 4.03. The largest absolute Gasteiger partial charge is 0.481 e. The number of aryl methyl sites for hydroxylation is 1. The number of hydrogen-bond acceptors (Lipinski definition) is 3. The SMILES string of the molecule is Cc1ccc(CN2CCOCC2CC(=O)O)cc1Br. The van der Waals surface area contributed by atoms with Crippen molar-refractivity contribution in [3.63, 3.8) is 0 Å². The van der Waals surface area contributed by atoms with Crippen LogP contribution in [0.5, 0.6) is 0 Å². The van der Waals surface area contributed by atoms with E-state index in [1.165, 1.54) is 11.1 Å². The molecule has 2 rings (SSSR count). The highest BCUT2D eigenvalue weighted by Gasteiger charge is 2.25. The number of carbonyl (C=O) groups is 1. The molecular formula is C14H18BrNO3. The lowest BCUT2D eigenvalue weighted by Crippen LogP contribution is -2.45. The Morgan fingerprint density at radius 2 is 2.37 bits per heavy atom. The molecule has 0 amide bonds. The average molecular weight is 328 g/mol. The van der Waals surface area contributed by atoms with Crippen molar-refractivity contribution in [2.24, 2.45) is 0 Å². The zero-order chi connectivity index (χ0) is 13.8. The maximum Gasteiger partial charge on any atom is 0.305 e. The molecule has 1 aromatic carbocycles. The summed E-state index contributed by atoms with van der Waals surface area (Å²) in [6, 6.07) is 6.23. The lowest BCUT2D eigenvalue weighted by Gasteiger charge is -2.34. The van der Waals surface area contributed by atoms with E-state index >= 15 is 0 Å². The van der Waals surface area contributed by atoms with E-state index in [2.05, 4.69) is 46.0 Å². The second-order valence-electron chi connectivity index (χ2n) is 4.88. The molecule has 0 aliphatic carbocycles. The Kier molecular flexibility index (Phi) is 4.96. The van der Waals surface area contributed by atoms with Crippen LogP contribution in [0.3, 0.4) is 0 Å². The van der Waals surface area contributed by atoms with Crippen LogP contribution < -0.4 is 0 Å². The van der Waals surface area contributed by atoms with Crippen LogP contribution in [0.15, 0.2) is 22.7 Å².